The number of allylic oxidation sites excluding steroid dienone is 1. The van der Waals surface area contributed by atoms with Crippen LogP contribution in [0, 0.1) is 0 Å². The molecule has 0 amide bonds. The SMILES string of the molecule is C=CCPc1cccc2[nH]c3ccccc3c(=O)c12. The van der Waals surface area contributed by atoms with E-state index in [1.807, 2.05) is 48.5 Å². The van der Waals surface area contributed by atoms with Crippen molar-refractivity contribution in [2.24, 2.45) is 0 Å². The molecule has 0 saturated heterocycles. The Labute approximate surface area is 112 Å². The van der Waals surface area contributed by atoms with Crippen LogP contribution in [0.1, 0.15) is 0 Å². The van der Waals surface area contributed by atoms with Gasteiger partial charge in [0.1, 0.15) is 0 Å². The third-order valence-electron chi connectivity index (χ3n) is 3.17. The topological polar surface area (TPSA) is 32.9 Å². The van der Waals surface area contributed by atoms with Crippen molar-refractivity contribution in [1.29, 1.82) is 0 Å². The minimum absolute atomic E-state index is 0.122. The summed E-state index contributed by atoms with van der Waals surface area (Å²) in [5.41, 5.74) is 1.93. The van der Waals surface area contributed by atoms with Gasteiger partial charge in [0, 0.05) is 10.9 Å². The van der Waals surface area contributed by atoms with Gasteiger partial charge in [-0.2, -0.15) is 0 Å². The van der Waals surface area contributed by atoms with Gasteiger partial charge in [0.05, 0.1) is 10.9 Å². The fourth-order valence-electron chi connectivity index (χ4n) is 2.30. The van der Waals surface area contributed by atoms with Gasteiger partial charge in [-0.15, -0.1) is 6.58 Å². The molecule has 0 radical (unpaired) electrons. The van der Waals surface area contributed by atoms with Crippen LogP contribution in [-0.2, 0) is 0 Å². The standard InChI is InChI=1S/C16H14NOP/c1-2-10-19-14-9-5-8-13-15(14)16(18)11-6-3-4-7-12(11)17-13/h2-9,19H,1,10H2,(H,17,18). The van der Waals surface area contributed by atoms with Crippen LogP contribution in [0.15, 0.2) is 59.9 Å². The second-order valence-corrected chi connectivity index (χ2v) is 5.70. The van der Waals surface area contributed by atoms with Gasteiger partial charge in [0.25, 0.3) is 0 Å². The molecule has 0 aliphatic heterocycles. The van der Waals surface area contributed by atoms with E-state index in [4.69, 9.17) is 0 Å². The van der Waals surface area contributed by atoms with Crippen LogP contribution in [0.5, 0.6) is 0 Å². The predicted octanol–water partition coefficient (Wildman–Crippen LogP) is 3.17. The summed E-state index contributed by atoms with van der Waals surface area (Å²) in [6.45, 7) is 3.75. The van der Waals surface area contributed by atoms with Gasteiger partial charge in [-0.3, -0.25) is 4.79 Å². The van der Waals surface area contributed by atoms with Crippen molar-refractivity contribution in [3.05, 3.63) is 65.3 Å². The first-order valence-electron chi connectivity index (χ1n) is 6.20. The number of rotatable bonds is 3. The minimum Gasteiger partial charge on any atom is -0.354 e. The fourth-order valence-corrected chi connectivity index (χ4v) is 3.30. The number of para-hydroxylation sites is 1. The Bertz CT molecular complexity index is 820. The molecule has 1 atom stereocenters. The van der Waals surface area contributed by atoms with Gasteiger partial charge >= 0.3 is 0 Å². The number of fused-ring (bicyclic) bond motifs is 2. The van der Waals surface area contributed by atoms with Gasteiger partial charge in [0.15, 0.2) is 5.43 Å². The Balaban J connectivity index is 2.38. The van der Waals surface area contributed by atoms with E-state index >= 15 is 0 Å². The lowest BCUT2D eigenvalue weighted by atomic mass is 10.1. The largest absolute Gasteiger partial charge is 0.354 e. The van der Waals surface area contributed by atoms with Crippen LogP contribution in [0.2, 0.25) is 0 Å². The first kappa shape index (κ1) is 12.1. The van der Waals surface area contributed by atoms with Gasteiger partial charge in [0.2, 0.25) is 0 Å². The lowest BCUT2D eigenvalue weighted by molar-refractivity contribution is 1.49. The minimum atomic E-state index is 0.122. The zero-order valence-electron chi connectivity index (χ0n) is 10.4. The van der Waals surface area contributed by atoms with Crippen molar-refractivity contribution in [1.82, 2.24) is 4.98 Å². The highest BCUT2D eigenvalue weighted by atomic mass is 31.1. The average Bonchev–Trinajstić information content (AvgIpc) is 2.45. The molecular weight excluding hydrogens is 253 g/mol. The predicted molar refractivity (Wildman–Crippen MR) is 85.1 cm³/mol. The Kier molecular flexibility index (Phi) is 3.18. The summed E-state index contributed by atoms with van der Waals surface area (Å²) in [5.74, 6) is 0. The maximum Gasteiger partial charge on any atom is 0.197 e. The zero-order chi connectivity index (χ0) is 13.2. The molecule has 2 nitrogen and oxygen atoms in total. The number of pyridine rings is 1. The number of aromatic nitrogens is 1. The van der Waals surface area contributed by atoms with E-state index in [2.05, 4.69) is 11.6 Å². The molecule has 94 valence electrons. The number of nitrogens with one attached hydrogen (secondary N) is 1. The molecular formula is C16H14NOP. The zero-order valence-corrected chi connectivity index (χ0v) is 11.4. The van der Waals surface area contributed by atoms with E-state index in [1.54, 1.807) is 0 Å². The summed E-state index contributed by atoms with van der Waals surface area (Å²) in [4.78, 5) is 16.0. The number of aromatic amines is 1. The van der Waals surface area contributed by atoms with Crippen molar-refractivity contribution in [2.75, 3.05) is 6.16 Å². The van der Waals surface area contributed by atoms with Crippen molar-refractivity contribution < 1.29 is 0 Å². The highest BCUT2D eigenvalue weighted by Crippen LogP contribution is 2.18. The van der Waals surface area contributed by atoms with Crippen LogP contribution >= 0.6 is 8.58 Å². The molecule has 2 aromatic carbocycles. The van der Waals surface area contributed by atoms with E-state index in [0.717, 1.165) is 33.3 Å². The van der Waals surface area contributed by atoms with Crippen LogP contribution in [0.3, 0.4) is 0 Å². The van der Waals surface area contributed by atoms with Crippen molar-refractivity contribution in [3.8, 4) is 0 Å². The first-order valence-corrected chi connectivity index (χ1v) is 7.40. The lowest BCUT2D eigenvalue weighted by Crippen LogP contribution is -2.12. The first-order chi connectivity index (χ1) is 9.31. The smallest absolute Gasteiger partial charge is 0.197 e. The van der Waals surface area contributed by atoms with Crippen LogP contribution in [0.4, 0.5) is 0 Å². The molecule has 1 N–H and O–H groups in total. The summed E-state index contributed by atoms with van der Waals surface area (Å²) in [7, 11) is 0.588. The molecule has 1 unspecified atom stereocenters. The van der Waals surface area contributed by atoms with Crippen molar-refractivity contribution >= 4 is 35.7 Å². The average molecular weight is 267 g/mol. The second kappa shape index (κ2) is 4.99. The van der Waals surface area contributed by atoms with E-state index in [1.165, 1.54) is 0 Å². The lowest BCUT2D eigenvalue weighted by Gasteiger charge is -2.07. The van der Waals surface area contributed by atoms with Crippen LogP contribution in [-0.4, -0.2) is 11.1 Å². The fraction of sp³-hybridized carbons (Fsp3) is 0.0625. The number of hydrogen-bond acceptors (Lipinski definition) is 1. The normalized spacial score (nSPS) is 11.6. The van der Waals surface area contributed by atoms with Crippen LogP contribution < -0.4 is 10.7 Å². The van der Waals surface area contributed by atoms with Gasteiger partial charge < -0.3 is 4.98 Å². The summed E-state index contributed by atoms with van der Waals surface area (Å²) in [5, 5.41) is 2.69. The van der Waals surface area contributed by atoms with Crippen molar-refractivity contribution in [3.63, 3.8) is 0 Å². The van der Waals surface area contributed by atoms with E-state index in [-0.39, 0.29) is 5.43 Å². The molecule has 3 rings (SSSR count). The molecule has 0 bridgehead atoms. The summed E-state index contributed by atoms with van der Waals surface area (Å²) >= 11 is 0. The molecule has 0 saturated carbocycles. The maximum atomic E-state index is 12.6. The highest BCUT2D eigenvalue weighted by Gasteiger charge is 2.08. The quantitative estimate of drug-likeness (QED) is 0.441. The maximum absolute atomic E-state index is 12.6. The van der Waals surface area contributed by atoms with E-state index in [0.29, 0.717) is 8.58 Å². The summed E-state index contributed by atoms with van der Waals surface area (Å²) in [6.07, 6.45) is 2.80. The van der Waals surface area contributed by atoms with Gasteiger partial charge in [-0.05, 0) is 29.7 Å². The Hall–Kier alpha value is -1.92. The monoisotopic (exact) mass is 267 g/mol. The molecule has 19 heavy (non-hydrogen) atoms. The molecule has 1 heterocycles. The highest BCUT2D eigenvalue weighted by molar-refractivity contribution is 7.48. The molecule has 0 aliphatic carbocycles. The Morgan fingerprint density at radius 1 is 1.11 bits per heavy atom. The van der Waals surface area contributed by atoms with Gasteiger partial charge in [-0.1, -0.05) is 38.9 Å². The van der Waals surface area contributed by atoms with E-state index < -0.39 is 0 Å². The van der Waals surface area contributed by atoms with Crippen molar-refractivity contribution in [2.45, 2.75) is 0 Å². The molecule has 0 fully saturated rings. The second-order valence-electron chi connectivity index (χ2n) is 4.40. The van der Waals surface area contributed by atoms with Crippen LogP contribution in [0.25, 0.3) is 21.8 Å². The summed E-state index contributed by atoms with van der Waals surface area (Å²) in [6, 6.07) is 13.7. The summed E-state index contributed by atoms with van der Waals surface area (Å²) < 4.78 is 0. The molecule has 0 aliphatic rings. The Morgan fingerprint density at radius 2 is 1.89 bits per heavy atom. The molecule has 3 heteroatoms. The number of H-pyrrole nitrogens is 1. The third-order valence-corrected chi connectivity index (χ3v) is 4.46. The molecule has 1 aromatic heterocycles. The third kappa shape index (κ3) is 2.09. The number of hydrogen-bond donors (Lipinski definition) is 1. The van der Waals surface area contributed by atoms with Gasteiger partial charge in [-0.25, -0.2) is 0 Å². The molecule has 0 spiro atoms. The number of benzene rings is 2. The Morgan fingerprint density at radius 3 is 2.74 bits per heavy atom. The molecule has 3 aromatic rings. The van der Waals surface area contributed by atoms with E-state index in [9.17, 15) is 4.79 Å².